The summed E-state index contributed by atoms with van der Waals surface area (Å²) >= 11 is 1.19. The van der Waals surface area contributed by atoms with Crippen LogP contribution in [0.25, 0.3) is 0 Å². The van der Waals surface area contributed by atoms with Gasteiger partial charge in [-0.05, 0) is 35.4 Å². The Labute approximate surface area is 212 Å². The summed E-state index contributed by atoms with van der Waals surface area (Å²) in [5, 5.41) is 27.6. The van der Waals surface area contributed by atoms with Gasteiger partial charge in [0.2, 0.25) is 0 Å². The lowest BCUT2D eigenvalue weighted by atomic mass is 10.2. The zero-order valence-electron chi connectivity index (χ0n) is 19.0. The fraction of sp³-hybridized carbons (Fsp3) is 0.300. The average Bonchev–Trinajstić information content (AvgIpc) is 2.90. The lowest BCUT2D eigenvalue weighted by molar-refractivity contribution is -0.385. The van der Waals surface area contributed by atoms with Crippen molar-refractivity contribution < 1.29 is 28.9 Å². The maximum atomic E-state index is 12.0. The predicted octanol–water partition coefficient (Wildman–Crippen LogP) is 4.18. The molecule has 0 N–H and O–H groups in total. The number of nitroso groups, excluding NO2 is 2. The first-order valence-electron chi connectivity index (χ1n) is 10.3. The number of carbonyl (C=O) groups is 2. The Balaban J connectivity index is 1.68. The van der Waals surface area contributed by atoms with Gasteiger partial charge in [0.25, 0.3) is 11.4 Å². The second-order valence-corrected chi connectivity index (χ2v) is 8.20. The summed E-state index contributed by atoms with van der Waals surface area (Å²) in [6, 6.07) is 10.6. The van der Waals surface area contributed by atoms with E-state index in [9.17, 15) is 39.6 Å². The number of rotatable bonds is 14. The van der Waals surface area contributed by atoms with E-state index in [4.69, 9.17) is 9.47 Å². The van der Waals surface area contributed by atoms with Gasteiger partial charge in [0.1, 0.15) is 13.2 Å². The summed E-state index contributed by atoms with van der Waals surface area (Å²) in [7, 11) is 0. The van der Waals surface area contributed by atoms with E-state index in [1.165, 1.54) is 60.3 Å². The van der Waals surface area contributed by atoms with Gasteiger partial charge >= 0.3 is 12.2 Å². The van der Waals surface area contributed by atoms with Crippen molar-refractivity contribution in [3.8, 4) is 0 Å². The summed E-state index contributed by atoms with van der Waals surface area (Å²) < 4.78 is 9.92. The first-order chi connectivity index (χ1) is 17.7. The standard InChI is InChI=1S/C20H20N6O10S/c27-19(35-13-15-1-5-17(6-2-15)25(31)32)23(21-29)9-11-37-12-10-24(22-30)20(28)36-14-16-3-7-18(8-4-16)26(33)34/h1-8H,9-14H2. The van der Waals surface area contributed by atoms with Crippen molar-refractivity contribution >= 4 is 35.3 Å². The number of non-ortho nitro benzene ring substituents is 2. The highest BCUT2D eigenvalue weighted by Gasteiger charge is 2.18. The minimum Gasteiger partial charge on any atom is -0.443 e. The van der Waals surface area contributed by atoms with Crippen LogP contribution in [0.1, 0.15) is 11.1 Å². The fourth-order valence-corrected chi connectivity index (χ4v) is 3.41. The topological polar surface area (TPSA) is 204 Å². The van der Waals surface area contributed by atoms with Crippen LogP contribution in [0.2, 0.25) is 0 Å². The SMILES string of the molecule is O=NN(CCSCCN(N=O)C(=O)OCc1ccc([N+](=O)[O-])cc1)C(=O)OCc1ccc([N+](=O)[O-])cc1. The summed E-state index contributed by atoms with van der Waals surface area (Å²) in [5.74, 6) is 0.422. The van der Waals surface area contributed by atoms with Crippen molar-refractivity contribution in [1.82, 2.24) is 10.0 Å². The molecule has 0 aliphatic rings. The first-order valence-corrected chi connectivity index (χ1v) is 11.5. The number of nitrogens with zero attached hydrogens (tertiary/aromatic N) is 6. The van der Waals surface area contributed by atoms with Gasteiger partial charge in [-0.2, -0.15) is 21.8 Å². The van der Waals surface area contributed by atoms with E-state index in [-0.39, 0.29) is 49.2 Å². The van der Waals surface area contributed by atoms with Crippen molar-refractivity contribution in [3.63, 3.8) is 0 Å². The van der Waals surface area contributed by atoms with Crippen molar-refractivity contribution in [2.45, 2.75) is 13.2 Å². The minimum absolute atomic E-state index is 0.119. The average molecular weight is 536 g/mol. The molecule has 17 heteroatoms. The van der Waals surface area contributed by atoms with Crippen LogP contribution >= 0.6 is 11.8 Å². The molecule has 0 radical (unpaired) electrons. The normalized spacial score (nSPS) is 10.2. The summed E-state index contributed by atoms with van der Waals surface area (Å²) in [6.45, 7) is -0.686. The molecule has 37 heavy (non-hydrogen) atoms. The monoisotopic (exact) mass is 536 g/mol. The minimum atomic E-state index is -1.01. The van der Waals surface area contributed by atoms with Gasteiger partial charge in [-0.3, -0.25) is 20.2 Å². The van der Waals surface area contributed by atoms with Crippen LogP contribution in [0.3, 0.4) is 0 Å². The Bertz CT molecular complexity index is 1030. The highest BCUT2D eigenvalue weighted by atomic mass is 32.2. The second-order valence-electron chi connectivity index (χ2n) is 6.98. The van der Waals surface area contributed by atoms with Crippen LogP contribution < -0.4 is 0 Å². The fourth-order valence-electron chi connectivity index (χ4n) is 2.60. The lowest BCUT2D eigenvalue weighted by Crippen LogP contribution is -2.30. The van der Waals surface area contributed by atoms with E-state index in [1.807, 2.05) is 0 Å². The zero-order valence-corrected chi connectivity index (χ0v) is 19.9. The van der Waals surface area contributed by atoms with E-state index in [0.29, 0.717) is 21.1 Å². The van der Waals surface area contributed by atoms with Gasteiger partial charge in [0, 0.05) is 35.8 Å². The number of thioether (sulfide) groups is 1. The molecule has 0 saturated heterocycles. The molecule has 0 heterocycles. The summed E-state index contributed by atoms with van der Waals surface area (Å²) in [5.41, 5.74) is 0.705. The molecule has 16 nitrogen and oxygen atoms in total. The zero-order chi connectivity index (χ0) is 27.2. The maximum Gasteiger partial charge on any atom is 0.433 e. The molecule has 0 saturated carbocycles. The molecule has 0 fully saturated rings. The van der Waals surface area contributed by atoms with Gasteiger partial charge < -0.3 is 9.47 Å². The largest absolute Gasteiger partial charge is 0.443 e. The van der Waals surface area contributed by atoms with Crippen LogP contribution in [-0.4, -0.2) is 56.6 Å². The van der Waals surface area contributed by atoms with E-state index in [0.717, 1.165) is 0 Å². The Morgan fingerprint density at radius 3 is 1.38 bits per heavy atom. The highest BCUT2D eigenvalue weighted by Crippen LogP contribution is 2.15. The molecule has 2 rings (SSSR count). The van der Waals surface area contributed by atoms with Crippen LogP contribution in [0.5, 0.6) is 0 Å². The van der Waals surface area contributed by atoms with Gasteiger partial charge in [0.05, 0.1) is 33.5 Å². The molecule has 0 aliphatic carbocycles. The Kier molecular flexibility index (Phi) is 11.3. The number of hydrogen-bond acceptors (Lipinski definition) is 13. The molecule has 2 amide bonds. The number of benzene rings is 2. The summed E-state index contributed by atoms with van der Waals surface area (Å²) in [6.07, 6.45) is -2.03. The molecule has 0 bridgehead atoms. The van der Waals surface area contributed by atoms with E-state index in [1.54, 1.807) is 0 Å². The van der Waals surface area contributed by atoms with Crippen molar-refractivity contribution in [1.29, 1.82) is 0 Å². The van der Waals surface area contributed by atoms with Crippen molar-refractivity contribution in [2.24, 2.45) is 10.6 Å². The predicted molar refractivity (Wildman–Crippen MR) is 129 cm³/mol. The molecule has 2 aromatic rings. The van der Waals surface area contributed by atoms with Gasteiger partial charge in [-0.15, -0.1) is 9.81 Å². The van der Waals surface area contributed by atoms with Gasteiger partial charge in [0.15, 0.2) is 0 Å². The highest BCUT2D eigenvalue weighted by molar-refractivity contribution is 7.99. The van der Waals surface area contributed by atoms with Crippen LogP contribution in [0.4, 0.5) is 21.0 Å². The quantitative estimate of drug-likeness (QED) is 0.145. The van der Waals surface area contributed by atoms with E-state index < -0.39 is 22.0 Å². The second kappa shape index (κ2) is 14.7. The molecule has 196 valence electrons. The Hall–Kier alpha value is -4.67. The smallest absolute Gasteiger partial charge is 0.433 e. The number of ether oxygens (including phenoxy) is 2. The lowest BCUT2D eigenvalue weighted by Gasteiger charge is -2.15. The number of carbonyl (C=O) groups excluding carboxylic acids is 2. The molecule has 2 aromatic carbocycles. The third kappa shape index (κ3) is 9.48. The third-order valence-corrected chi connectivity index (χ3v) is 5.47. The molecule has 0 spiro atoms. The molecule has 0 atom stereocenters. The Morgan fingerprint density at radius 1 is 0.730 bits per heavy atom. The summed E-state index contributed by atoms with van der Waals surface area (Å²) in [4.78, 5) is 66.1. The van der Waals surface area contributed by atoms with Crippen LogP contribution in [-0.2, 0) is 22.7 Å². The number of hydrogen-bond donors (Lipinski definition) is 0. The van der Waals surface area contributed by atoms with Crippen molar-refractivity contribution in [2.75, 3.05) is 24.6 Å². The van der Waals surface area contributed by atoms with Crippen LogP contribution in [0, 0.1) is 30.0 Å². The van der Waals surface area contributed by atoms with Gasteiger partial charge in [-0.25, -0.2) is 9.59 Å². The van der Waals surface area contributed by atoms with Crippen molar-refractivity contribution in [3.05, 3.63) is 89.7 Å². The maximum absolute atomic E-state index is 12.0. The first kappa shape index (κ1) is 28.6. The molecular formula is C20H20N6O10S. The molecule has 0 aliphatic heterocycles. The number of amides is 2. The third-order valence-electron chi connectivity index (χ3n) is 4.53. The number of nitro groups is 2. The van der Waals surface area contributed by atoms with Gasteiger partial charge in [-0.1, -0.05) is 0 Å². The number of nitro benzene ring substituents is 2. The molecular weight excluding hydrogens is 516 g/mol. The molecule has 0 unspecified atom stereocenters. The Morgan fingerprint density at radius 2 is 1.08 bits per heavy atom. The molecule has 0 aromatic heterocycles. The van der Waals surface area contributed by atoms with E-state index >= 15 is 0 Å². The van der Waals surface area contributed by atoms with E-state index in [2.05, 4.69) is 10.6 Å². The van der Waals surface area contributed by atoms with Crippen LogP contribution in [0.15, 0.2) is 59.1 Å².